The number of nitrogens with two attached hydrogens (primary N) is 1. The normalized spacial score (nSPS) is 15.2. The fourth-order valence-electron chi connectivity index (χ4n) is 3.01. The second-order valence-corrected chi connectivity index (χ2v) is 7.09. The molecular formula is C19H24N6O6. The minimum atomic E-state index is -1.50. The van der Waals surface area contributed by atoms with Gasteiger partial charge >= 0.3 is 12.0 Å². The number of aromatic nitrogens is 3. The van der Waals surface area contributed by atoms with Gasteiger partial charge in [0.2, 0.25) is 5.89 Å². The van der Waals surface area contributed by atoms with Crippen molar-refractivity contribution in [1.29, 1.82) is 0 Å². The average molecular weight is 432 g/mol. The summed E-state index contributed by atoms with van der Waals surface area (Å²) in [6.45, 7) is 0.857. The highest BCUT2D eigenvalue weighted by atomic mass is 16.5. The third kappa shape index (κ3) is 5.36. The Balaban J connectivity index is 1.83. The van der Waals surface area contributed by atoms with E-state index in [4.69, 9.17) is 15.4 Å². The molecule has 2 unspecified atom stereocenters. The summed E-state index contributed by atoms with van der Waals surface area (Å²) in [5.74, 6) is -1.29. The molecule has 166 valence electrons. The van der Waals surface area contributed by atoms with Gasteiger partial charge in [-0.3, -0.25) is 0 Å². The van der Waals surface area contributed by atoms with E-state index in [-0.39, 0.29) is 18.1 Å². The van der Waals surface area contributed by atoms with Crippen LogP contribution < -0.4 is 16.4 Å². The van der Waals surface area contributed by atoms with E-state index < -0.39 is 42.8 Å². The Morgan fingerprint density at radius 1 is 1.29 bits per heavy atom. The summed E-state index contributed by atoms with van der Waals surface area (Å²) < 4.78 is 5.22. The maximum absolute atomic E-state index is 12.4. The topological polar surface area (TPSA) is 200 Å². The Labute approximate surface area is 176 Å². The molecule has 0 fully saturated rings. The van der Waals surface area contributed by atoms with Gasteiger partial charge in [0.05, 0.1) is 18.8 Å². The number of aromatic amines is 1. The number of para-hydroxylation sites is 1. The van der Waals surface area contributed by atoms with Crippen LogP contribution in [0.15, 0.2) is 34.9 Å². The number of aliphatic hydroxyl groups is 2. The van der Waals surface area contributed by atoms with E-state index in [9.17, 15) is 19.8 Å². The molecular weight excluding hydrogens is 408 g/mol. The van der Waals surface area contributed by atoms with Gasteiger partial charge in [-0.25, -0.2) is 9.59 Å². The van der Waals surface area contributed by atoms with Crippen LogP contribution in [0.4, 0.5) is 4.79 Å². The number of H-pyrrole nitrogens is 1. The number of amides is 2. The van der Waals surface area contributed by atoms with Crippen LogP contribution in [0.25, 0.3) is 10.9 Å². The average Bonchev–Trinajstić information content (AvgIpc) is 3.37. The van der Waals surface area contributed by atoms with E-state index in [0.717, 1.165) is 16.6 Å². The molecule has 12 heteroatoms. The van der Waals surface area contributed by atoms with Gasteiger partial charge in [0.1, 0.15) is 6.04 Å². The summed E-state index contributed by atoms with van der Waals surface area (Å²) in [6.07, 6.45) is -1.10. The quantitative estimate of drug-likeness (QED) is 0.242. The molecule has 12 nitrogen and oxygen atoms in total. The number of hydrogen-bond acceptors (Lipinski definition) is 8. The van der Waals surface area contributed by atoms with Crippen molar-refractivity contribution in [2.45, 2.75) is 37.6 Å². The van der Waals surface area contributed by atoms with Gasteiger partial charge in [0.25, 0.3) is 0 Å². The first-order chi connectivity index (χ1) is 14.8. The highest BCUT2D eigenvalue weighted by Gasteiger charge is 2.28. The number of urea groups is 1. The van der Waals surface area contributed by atoms with Gasteiger partial charge in [-0.15, -0.1) is 0 Å². The van der Waals surface area contributed by atoms with Crippen molar-refractivity contribution in [3.05, 3.63) is 47.7 Å². The molecule has 0 radical (unpaired) electrons. The van der Waals surface area contributed by atoms with Crippen molar-refractivity contribution < 1.29 is 29.4 Å². The molecule has 2 aromatic heterocycles. The first-order valence-corrected chi connectivity index (χ1v) is 9.53. The lowest BCUT2D eigenvalue weighted by Crippen LogP contribution is -2.51. The van der Waals surface area contributed by atoms with Gasteiger partial charge < -0.3 is 41.2 Å². The molecule has 0 aliphatic rings. The molecule has 3 aromatic rings. The second-order valence-electron chi connectivity index (χ2n) is 7.09. The predicted octanol–water partition coefficient (Wildman–Crippen LogP) is -0.0400. The maximum Gasteiger partial charge on any atom is 0.328 e. The zero-order valence-corrected chi connectivity index (χ0v) is 16.6. The SMILES string of the molecule is CC(O)C(NC(=O)N[C@@H](Cc1cc2ccccc2[nH]1)c1nc([C@@H](N)CO)no1)C(=O)O. The van der Waals surface area contributed by atoms with Gasteiger partial charge in [-0.2, -0.15) is 4.98 Å². The van der Waals surface area contributed by atoms with Gasteiger partial charge in [-0.1, -0.05) is 23.4 Å². The van der Waals surface area contributed by atoms with Crippen LogP contribution in [-0.2, 0) is 11.2 Å². The number of rotatable bonds is 9. The number of carboxylic acids is 1. The van der Waals surface area contributed by atoms with Gasteiger partial charge in [0.15, 0.2) is 11.9 Å². The first kappa shape index (κ1) is 22.2. The van der Waals surface area contributed by atoms with E-state index in [1.54, 1.807) is 0 Å². The van der Waals surface area contributed by atoms with Crippen LogP contribution in [0.5, 0.6) is 0 Å². The number of carboxylic acid groups (broad SMARTS) is 1. The molecule has 0 saturated heterocycles. The number of carbonyl (C=O) groups is 2. The van der Waals surface area contributed by atoms with E-state index in [1.165, 1.54) is 6.92 Å². The van der Waals surface area contributed by atoms with Crippen molar-refractivity contribution in [3.8, 4) is 0 Å². The minimum Gasteiger partial charge on any atom is -0.480 e. The number of aliphatic carboxylic acids is 1. The van der Waals surface area contributed by atoms with E-state index in [1.807, 2.05) is 30.3 Å². The Hall–Kier alpha value is -3.48. The monoisotopic (exact) mass is 432 g/mol. The third-order valence-corrected chi connectivity index (χ3v) is 4.63. The highest BCUT2D eigenvalue weighted by Crippen LogP contribution is 2.21. The van der Waals surface area contributed by atoms with E-state index in [0.29, 0.717) is 0 Å². The maximum atomic E-state index is 12.4. The van der Waals surface area contributed by atoms with Crippen LogP contribution in [-0.4, -0.2) is 61.2 Å². The molecule has 2 amide bonds. The minimum absolute atomic E-state index is 0.0247. The molecule has 0 saturated carbocycles. The van der Waals surface area contributed by atoms with Crippen molar-refractivity contribution >= 4 is 22.9 Å². The Bertz CT molecular complexity index is 1010. The molecule has 2 heterocycles. The standard InChI is InChI=1S/C19H24N6O6/c1-9(27)15(18(28)29)23-19(30)22-14(17-24-16(25-31-17)12(20)8-26)7-11-6-10-4-2-3-5-13(10)21-11/h2-6,9,12,14-15,21,26-27H,7-8,20H2,1H3,(H,28,29)(H2,22,23,30)/t9?,12-,14-,15?/m0/s1. The third-order valence-electron chi connectivity index (χ3n) is 4.63. The Morgan fingerprint density at radius 2 is 2.03 bits per heavy atom. The summed E-state index contributed by atoms with van der Waals surface area (Å²) in [6, 6.07) is 5.45. The van der Waals surface area contributed by atoms with Crippen molar-refractivity contribution in [1.82, 2.24) is 25.8 Å². The molecule has 0 spiro atoms. The zero-order valence-electron chi connectivity index (χ0n) is 16.6. The lowest BCUT2D eigenvalue weighted by atomic mass is 10.1. The highest BCUT2D eigenvalue weighted by molar-refractivity contribution is 5.83. The van der Waals surface area contributed by atoms with Crippen LogP contribution in [0, 0.1) is 0 Å². The number of nitrogens with zero attached hydrogens (tertiary/aromatic N) is 2. The summed E-state index contributed by atoms with van der Waals surface area (Å²) >= 11 is 0. The van der Waals surface area contributed by atoms with Crippen LogP contribution >= 0.6 is 0 Å². The molecule has 31 heavy (non-hydrogen) atoms. The molecule has 1 aromatic carbocycles. The number of carbonyl (C=O) groups excluding carboxylic acids is 1. The number of hydrogen-bond donors (Lipinski definition) is 7. The summed E-state index contributed by atoms with van der Waals surface area (Å²) in [5.41, 5.74) is 7.36. The van der Waals surface area contributed by atoms with E-state index in [2.05, 4.69) is 25.8 Å². The number of nitrogens with one attached hydrogen (secondary N) is 3. The summed E-state index contributed by atoms with van der Waals surface area (Å²) in [7, 11) is 0. The molecule has 0 aliphatic heterocycles. The lowest BCUT2D eigenvalue weighted by Gasteiger charge is -2.20. The van der Waals surface area contributed by atoms with Crippen LogP contribution in [0.3, 0.4) is 0 Å². The molecule has 4 atom stereocenters. The fourth-order valence-corrected chi connectivity index (χ4v) is 3.01. The van der Waals surface area contributed by atoms with Crippen molar-refractivity contribution in [2.24, 2.45) is 5.73 Å². The van der Waals surface area contributed by atoms with Crippen molar-refractivity contribution in [3.63, 3.8) is 0 Å². The van der Waals surface area contributed by atoms with Crippen molar-refractivity contribution in [2.75, 3.05) is 6.61 Å². The predicted molar refractivity (Wildman–Crippen MR) is 108 cm³/mol. The molecule has 3 rings (SSSR count). The van der Waals surface area contributed by atoms with E-state index >= 15 is 0 Å². The molecule has 0 bridgehead atoms. The Kier molecular flexibility index (Phi) is 6.84. The second kappa shape index (κ2) is 9.55. The smallest absolute Gasteiger partial charge is 0.328 e. The van der Waals surface area contributed by atoms with Crippen LogP contribution in [0.1, 0.15) is 36.4 Å². The number of fused-ring (bicyclic) bond motifs is 1. The van der Waals surface area contributed by atoms with Gasteiger partial charge in [-0.05, 0) is 24.4 Å². The zero-order chi connectivity index (χ0) is 22.5. The van der Waals surface area contributed by atoms with Crippen LogP contribution in [0.2, 0.25) is 0 Å². The number of aliphatic hydroxyl groups excluding tert-OH is 2. The summed E-state index contributed by atoms with van der Waals surface area (Å²) in [5, 5.41) is 37.4. The molecule has 0 aliphatic carbocycles. The van der Waals surface area contributed by atoms with Gasteiger partial charge in [0, 0.05) is 17.6 Å². The number of benzene rings is 1. The lowest BCUT2D eigenvalue weighted by molar-refractivity contribution is -0.141. The summed E-state index contributed by atoms with van der Waals surface area (Å²) in [4.78, 5) is 31.1. The first-order valence-electron chi connectivity index (χ1n) is 9.53. The fraction of sp³-hybridized carbons (Fsp3) is 0.368. The molecule has 8 N–H and O–H groups in total. The largest absolute Gasteiger partial charge is 0.480 e. The Morgan fingerprint density at radius 3 is 2.68 bits per heavy atom.